The average Bonchev–Trinajstić information content (AvgIpc) is 3.45. The minimum absolute atomic E-state index is 0.121. The first-order valence-electron chi connectivity index (χ1n) is 11.5. The van der Waals surface area contributed by atoms with Crippen molar-refractivity contribution in [3.63, 3.8) is 0 Å². The number of hydrogen-bond donors (Lipinski definition) is 1. The number of nitrogens with zero attached hydrogens (tertiary/aromatic N) is 4. The number of furan rings is 1. The molecule has 0 aromatic carbocycles. The molecule has 3 fully saturated rings. The molecule has 2 amide bonds. The Labute approximate surface area is 181 Å². The van der Waals surface area contributed by atoms with Gasteiger partial charge in [0.15, 0.2) is 0 Å². The van der Waals surface area contributed by atoms with Crippen LogP contribution in [0.25, 0.3) is 0 Å². The topological polar surface area (TPSA) is 85.7 Å². The maximum absolute atomic E-state index is 13.9. The number of aromatic amines is 1. The second kappa shape index (κ2) is 7.51. The van der Waals surface area contributed by atoms with Gasteiger partial charge in [0, 0.05) is 62.2 Å². The van der Waals surface area contributed by atoms with Crippen LogP contribution in [0.15, 0.2) is 29.0 Å². The molecule has 4 aliphatic heterocycles. The number of H-pyrrole nitrogens is 1. The summed E-state index contributed by atoms with van der Waals surface area (Å²) in [5.41, 5.74) is 2.22. The van der Waals surface area contributed by atoms with Crippen LogP contribution < -0.4 is 0 Å². The molecule has 1 N–H and O–H groups in total. The van der Waals surface area contributed by atoms with Gasteiger partial charge >= 0.3 is 0 Å². The lowest BCUT2D eigenvalue weighted by molar-refractivity contribution is -0.166. The van der Waals surface area contributed by atoms with Gasteiger partial charge in [-0.1, -0.05) is 0 Å². The van der Waals surface area contributed by atoms with E-state index in [1.165, 1.54) is 0 Å². The van der Waals surface area contributed by atoms with Crippen LogP contribution in [0.3, 0.4) is 0 Å². The standard InChI is InChI=1S/C23H29N5O3/c29-21-5-1-4-20-15-9-16(12-26(11-15)14-18-3-2-8-31-18)22(28(20)21)23(30)27-7-6-19-17(13-27)10-24-25-19/h2-3,8,10,15-16,20,22H,1,4-7,9,11-14H2,(H,24,25)/t15-,16+,20+,22-/m1/s1. The average molecular weight is 424 g/mol. The second-order valence-corrected chi connectivity index (χ2v) is 9.62. The summed E-state index contributed by atoms with van der Waals surface area (Å²) in [5, 5.41) is 7.18. The Morgan fingerprint density at radius 1 is 1.26 bits per heavy atom. The molecule has 0 aliphatic carbocycles. The monoisotopic (exact) mass is 423 g/mol. The minimum Gasteiger partial charge on any atom is -0.468 e. The molecule has 2 bridgehead atoms. The Morgan fingerprint density at radius 3 is 3.03 bits per heavy atom. The molecule has 31 heavy (non-hydrogen) atoms. The van der Waals surface area contributed by atoms with Gasteiger partial charge in [-0.25, -0.2) is 0 Å². The van der Waals surface area contributed by atoms with E-state index in [0.29, 0.717) is 25.4 Å². The Balaban J connectivity index is 1.28. The molecule has 2 aromatic heterocycles. The fourth-order valence-electron chi connectivity index (χ4n) is 6.42. The molecule has 6 heterocycles. The van der Waals surface area contributed by atoms with Crippen LogP contribution in [-0.2, 0) is 29.1 Å². The Morgan fingerprint density at radius 2 is 2.16 bits per heavy atom. The molecule has 164 valence electrons. The first-order valence-corrected chi connectivity index (χ1v) is 11.5. The summed E-state index contributed by atoms with van der Waals surface area (Å²) >= 11 is 0. The van der Waals surface area contributed by atoms with Crippen LogP contribution in [0.1, 0.15) is 42.7 Å². The quantitative estimate of drug-likeness (QED) is 0.814. The second-order valence-electron chi connectivity index (χ2n) is 9.62. The molecular weight excluding hydrogens is 394 g/mol. The van der Waals surface area contributed by atoms with Crippen LogP contribution >= 0.6 is 0 Å². The molecule has 8 heteroatoms. The molecule has 3 saturated heterocycles. The van der Waals surface area contributed by atoms with Gasteiger partial charge in [0.25, 0.3) is 0 Å². The van der Waals surface area contributed by atoms with Gasteiger partial charge in [0.2, 0.25) is 11.8 Å². The molecule has 0 radical (unpaired) electrons. The number of carbonyl (C=O) groups is 2. The lowest BCUT2D eigenvalue weighted by atomic mass is 9.71. The number of hydrogen-bond acceptors (Lipinski definition) is 5. The third-order valence-electron chi connectivity index (χ3n) is 7.74. The summed E-state index contributed by atoms with van der Waals surface area (Å²) in [5.74, 6) is 1.86. The van der Waals surface area contributed by atoms with Crippen molar-refractivity contribution in [1.29, 1.82) is 0 Å². The number of carbonyl (C=O) groups excluding carboxylic acids is 2. The summed E-state index contributed by atoms with van der Waals surface area (Å²) in [4.78, 5) is 33.3. The number of amides is 2. The van der Waals surface area contributed by atoms with E-state index in [1.807, 2.05) is 28.1 Å². The SMILES string of the molecule is O=C([C@H]1[C@H]2C[C@H](CN(Cc3ccco3)C2)[C@@H]2CCCC(=O)N21)N1CCc2[nH]ncc2C1. The molecule has 8 nitrogen and oxygen atoms in total. The maximum Gasteiger partial charge on any atom is 0.246 e. The lowest BCUT2D eigenvalue weighted by Crippen LogP contribution is -2.68. The van der Waals surface area contributed by atoms with E-state index in [4.69, 9.17) is 4.42 Å². The Bertz CT molecular complexity index is 970. The van der Waals surface area contributed by atoms with Gasteiger partial charge in [-0.05, 0) is 37.3 Å². The predicted molar refractivity (Wildman–Crippen MR) is 112 cm³/mol. The molecule has 0 unspecified atom stereocenters. The number of likely N-dealkylation sites (tertiary alicyclic amines) is 1. The Kier molecular flexibility index (Phi) is 4.63. The van der Waals surface area contributed by atoms with Gasteiger partial charge in [-0.15, -0.1) is 0 Å². The van der Waals surface area contributed by atoms with Gasteiger partial charge < -0.3 is 14.2 Å². The van der Waals surface area contributed by atoms with Crippen molar-refractivity contribution >= 4 is 11.8 Å². The highest BCUT2D eigenvalue weighted by atomic mass is 16.3. The number of aromatic nitrogens is 2. The van der Waals surface area contributed by atoms with E-state index in [2.05, 4.69) is 15.1 Å². The van der Waals surface area contributed by atoms with Gasteiger partial charge in [0.05, 0.1) is 19.0 Å². The van der Waals surface area contributed by atoms with Crippen LogP contribution in [0.2, 0.25) is 0 Å². The zero-order chi connectivity index (χ0) is 20.9. The summed E-state index contributed by atoms with van der Waals surface area (Å²) in [6.45, 7) is 3.83. The zero-order valence-corrected chi connectivity index (χ0v) is 17.7. The van der Waals surface area contributed by atoms with E-state index in [-0.39, 0.29) is 29.8 Å². The van der Waals surface area contributed by atoms with Crippen molar-refractivity contribution < 1.29 is 14.0 Å². The van der Waals surface area contributed by atoms with E-state index in [1.54, 1.807) is 6.26 Å². The third-order valence-corrected chi connectivity index (χ3v) is 7.74. The van der Waals surface area contributed by atoms with Crippen LogP contribution in [0.4, 0.5) is 0 Å². The van der Waals surface area contributed by atoms with Crippen molar-refractivity contribution in [3.05, 3.63) is 41.6 Å². The minimum atomic E-state index is -0.345. The van der Waals surface area contributed by atoms with Crippen molar-refractivity contribution in [1.82, 2.24) is 24.9 Å². The zero-order valence-electron chi connectivity index (χ0n) is 17.7. The number of nitrogens with one attached hydrogen (secondary N) is 1. The molecule has 6 rings (SSSR count). The molecular formula is C23H29N5O3. The van der Waals surface area contributed by atoms with Crippen LogP contribution in [0, 0.1) is 11.8 Å². The first-order chi connectivity index (χ1) is 15.2. The van der Waals surface area contributed by atoms with Gasteiger partial charge in [-0.3, -0.25) is 19.6 Å². The maximum atomic E-state index is 13.9. The van der Waals surface area contributed by atoms with Crippen molar-refractivity contribution in [3.8, 4) is 0 Å². The van der Waals surface area contributed by atoms with Crippen molar-refractivity contribution in [2.45, 2.75) is 57.3 Å². The molecule has 4 atom stereocenters. The normalized spacial score (nSPS) is 30.8. The van der Waals surface area contributed by atoms with Gasteiger partial charge in [0.1, 0.15) is 11.8 Å². The van der Waals surface area contributed by atoms with Gasteiger partial charge in [-0.2, -0.15) is 5.10 Å². The van der Waals surface area contributed by atoms with E-state index >= 15 is 0 Å². The summed E-state index contributed by atoms with van der Waals surface area (Å²) in [6.07, 6.45) is 7.88. The highest BCUT2D eigenvalue weighted by Gasteiger charge is 2.52. The van der Waals surface area contributed by atoms with Crippen LogP contribution in [-0.4, -0.2) is 68.4 Å². The number of rotatable bonds is 3. The van der Waals surface area contributed by atoms with E-state index in [0.717, 1.165) is 62.3 Å². The molecule has 0 saturated carbocycles. The lowest BCUT2D eigenvalue weighted by Gasteiger charge is -2.56. The predicted octanol–water partition coefficient (Wildman–Crippen LogP) is 1.79. The van der Waals surface area contributed by atoms with Crippen LogP contribution in [0.5, 0.6) is 0 Å². The van der Waals surface area contributed by atoms with E-state index in [9.17, 15) is 9.59 Å². The summed E-state index contributed by atoms with van der Waals surface area (Å²) in [7, 11) is 0. The third kappa shape index (κ3) is 3.28. The fourth-order valence-corrected chi connectivity index (χ4v) is 6.42. The summed E-state index contributed by atoms with van der Waals surface area (Å²) in [6, 6.07) is 3.77. The number of fused-ring (bicyclic) bond motifs is 5. The highest BCUT2D eigenvalue weighted by Crippen LogP contribution is 2.42. The molecule has 4 aliphatic rings. The van der Waals surface area contributed by atoms with Crippen molar-refractivity contribution in [2.24, 2.45) is 11.8 Å². The largest absolute Gasteiger partial charge is 0.468 e. The molecule has 2 aromatic rings. The smallest absolute Gasteiger partial charge is 0.246 e. The first kappa shape index (κ1) is 19.1. The fraction of sp³-hybridized carbons (Fsp3) is 0.609. The van der Waals surface area contributed by atoms with Crippen molar-refractivity contribution in [2.75, 3.05) is 19.6 Å². The number of piperidine rings is 3. The summed E-state index contributed by atoms with van der Waals surface area (Å²) < 4.78 is 5.59. The molecule has 0 spiro atoms. The van der Waals surface area contributed by atoms with E-state index < -0.39 is 0 Å². The Hall–Kier alpha value is -2.61. The highest BCUT2D eigenvalue weighted by molar-refractivity contribution is 5.89.